The number of hydrogen-bond donors (Lipinski definition) is 2. The van der Waals surface area contributed by atoms with Crippen molar-refractivity contribution in [2.75, 3.05) is 0 Å². The molecule has 5 heteroatoms. The number of rotatable bonds is 3. The van der Waals surface area contributed by atoms with Crippen LogP contribution >= 0.6 is 0 Å². The molecule has 0 spiro atoms. The second kappa shape index (κ2) is 3.74. The molecule has 0 unspecified atom stereocenters. The molecule has 64 valence electrons. The third-order valence-corrected chi connectivity index (χ3v) is 2.57. The minimum atomic E-state index is -1.15. The molecular weight excluding hydrogens is 213 g/mol. The van der Waals surface area contributed by atoms with E-state index in [1.807, 2.05) is 0 Å². The van der Waals surface area contributed by atoms with Crippen molar-refractivity contribution in [2.24, 2.45) is 0 Å². The molecule has 1 amide bonds. The Kier molecular flexibility index (Phi) is 3.55. The van der Waals surface area contributed by atoms with Gasteiger partial charge in [0.05, 0.1) is 0 Å². The summed E-state index contributed by atoms with van der Waals surface area (Å²) < 4.78 is 0. The third-order valence-electron chi connectivity index (χ3n) is 1.24. The van der Waals surface area contributed by atoms with Crippen LogP contribution in [0.3, 0.4) is 0 Å². The van der Waals surface area contributed by atoms with Crippen LogP contribution in [-0.2, 0) is 9.59 Å². The average Bonchev–Trinajstić information content (AvgIpc) is 1.86. The minimum absolute atomic E-state index is 0.314. The number of amides is 1. The molecule has 1 atom stereocenters. The van der Waals surface area contributed by atoms with Gasteiger partial charge in [-0.1, -0.05) is 0 Å². The van der Waals surface area contributed by atoms with Crippen LogP contribution in [0, 0.1) is 0 Å². The van der Waals surface area contributed by atoms with E-state index in [1.165, 1.54) is 13.8 Å². The van der Waals surface area contributed by atoms with E-state index in [2.05, 4.69) is 21.3 Å². The molecule has 0 heterocycles. The van der Waals surface area contributed by atoms with Gasteiger partial charge in [0.15, 0.2) is 0 Å². The predicted octanol–water partition coefficient (Wildman–Crippen LogP) is -0.715. The molecule has 0 rings (SSSR count). The van der Waals surface area contributed by atoms with Gasteiger partial charge in [-0.2, -0.15) is 0 Å². The van der Waals surface area contributed by atoms with Crippen molar-refractivity contribution in [3.8, 4) is 0 Å². The van der Waals surface area contributed by atoms with Gasteiger partial charge < -0.3 is 0 Å². The summed E-state index contributed by atoms with van der Waals surface area (Å²) >= 11 is 2.14. The fourth-order valence-electron chi connectivity index (χ4n) is 0.549. The Morgan fingerprint density at radius 1 is 1.64 bits per heavy atom. The van der Waals surface area contributed by atoms with Gasteiger partial charge in [0, 0.05) is 0 Å². The Bertz CT molecular complexity index is 183. The van der Waals surface area contributed by atoms with Crippen molar-refractivity contribution in [3.63, 3.8) is 0 Å². The third kappa shape index (κ3) is 2.91. The number of hydrogen-bond acceptors (Lipinski definition) is 2. The zero-order chi connectivity index (χ0) is 9.07. The Morgan fingerprint density at radius 3 is 2.18 bits per heavy atom. The predicted molar refractivity (Wildman–Crippen MR) is 41.8 cm³/mol. The first-order valence-corrected chi connectivity index (χ1v) is 4.38. The number of carboxylic acid groups (broad SMARTS) is 1. The molecular formula is C6H11NO3Se. The molecule has 0 radical (unpaired) electrons. The molecule has 0 aromatic rings. The van der Waals surface area contributed by atoms with Crippen LogP contribution in [0.1, 0.15) is 13.8 Å². The van der Waals surface area contributed by atoms with Crippen LogP contribution in [0.25, 0.3) is 0 Å². The van der Waals surface area contributed by atoms with Gasteiger partial charge in [-0.15, -0.1) is 0 Å². The standard InChI is InChI=1S/C6H11NO3Se/c1-4(8)7-6(2,3-11)5(9)10/h11H,3H2,1-2H3,(H,7,8)(H,9,10)/t6-/m0/s1. The first kappa shape index (κ1) is 10.5. The summed E-state index contributed by atoms with van der Waals surface area (Å²) in [6.07, 6.45) is 0. The van der Waals surface area contributed by atoms with E-state index in [0.717, 1.165) is 0 Å². The maximum atomic E-state index is 10.6. The second-order valence-corrected chi connectivity index (χ2v) is 3.14. The van der Waals surface area contributed by atoms with Crippen LogP contribution in [-0.4, -0.2) is 38.5 Å². The Hall–Kier alpha value is -0.541. The number of aliphatic carboxylic acids is 1. The quantitative estimate of drug-likeness (QED) is 0.622. The van der Waals surface area contributed by atoms with Crippen molar-refractivity contribution < 1.29 is 14.7 Å². The summed E-state index contributed by atoms with van der Waals surface area (Å²) in [5.74, 6) is -1.35. The monoisotopic (exact) mass is 225 g/mol. The number of carboxylic acids is 1. The zero-order valence-corrected chi connectivity index (χ0v) is 8.29. The molecule has 11 heavy (non-hydrogen) atoms. The molecule has 0 aromatic carbocycles. The van der Waals surface area contributed by atoms with Gasteiger partial charge in [0.25, 0.3) is 0 Å². The molecule has 0 aliphatic rings. The van der Waals surface area contributed by atoms with Gasteiger partial charge in [0.2, 0.25) is 0 Å². The fraction of sp³-hybridized carbons (Fsp3) is 0.667. The molecule has 0 aromatic heterocycles. The summed E-state index contributed by atoms with van der Waals surface area (Å²) in [6, 6.07) is 0. The van der Waals surface area contributed by atoms with E-state index in [-0.39, 0.29) is 5.91 Å². The summed E-state index contributed by atoms with van der Waals surface area (Å²) in [5.41, 5.74) is -1.15. The van der Waals surface area contributed by atoms with Gasteiger partial charge in [-0.05, 0) is 0 Å². The molecule has 0 saturated heterocycles. The first-order valence-electron chi connectivity index (χ1n) is 3.05. The number of carbonyl (C=O) groups excluding carboxylic acids is 1. The molecule has 0 bridgehead atoms. The van der Waals surface area contributed by atoms with E-state index in [0.29, 0.717) is 5.32 Å². The van der Waals surface area contributed by atoms with Gasteiger partial charge in [-0.3, -0.25) is 0 Å². The molecule has 4 nitrogen and oxygen atoms in total. The summed E-state index contributed by atoms with van der Waals surface area (Å²) in [5, 5.41) is 11.3. The first-order chi connectivity index (χ1) is 4.92. The van der Waals surface area contributed by atoms with Crippen LogP contribution in [0.4, 0.5) is 0 Å². The topological polar surface area (TPSA) is 66.4 Å². The van der Waals surface area contributed by atoms with Crippen LogP contribution in [0.15, 0.2) is 0 Å². The summed E-state index contributed by atoms with van der Waals surface area (Å²) in [7, 11) is 0. The molecule has 0 saturated carbocycles. The van der Waals surface area contributed by atoms with E-state index in [1.54, 1.807) is 0 Å². The normalized spacial score (nSPS) is 15.2. The van der Waals surface area contributed by atoms with E-state index < -0.39 is 11.5 Å². The van der Waals surface area contributed by atoms with E-state index >= 15 is 0 Å². The Labute approximate surface area is 73.2 Å². The van der Waals surface area contributed by atoms with Crippen LogP contribution < -0.4 is 5.32 Å². The van der Waals surface area contributed by atoms with Crippen LogP contribution in [0.5, 0.6) is 0 Å². The zero-order valence-electron chi connectivity index (χ0n) is 6.42. The van der Waals surface area contributed by atoms with Crippen molar-refractivity contribution >= 4 is 27.9 Å². The maximum absolute atomic E-state index is 10.6. The molecule has 0 aliphatic carbocycles. The van der Waals surface area contributed by atoms with Crippen molar-refractivity contribution in [2.45, 2.75) is 24.7 Å². The Morgan fingerprint density at radius 2 is 2.09 bits per heavy atom. The fourth-order valence-corrected chi connectivity index (χ4v) is 0.999. The van der Waals surface area contributed by atoms with Crippen molar-refractivity contribution in [3.05, 3.63) is 0 Å². The second-order valence-electron chi connectivity index (χ2n) is 2.48. The molecule has 2 N–H and O–H groups in total. The van der Waals surface area contributed by atoms with Gasteiger partial charge in [0.1, 0.15) is 0 Å². The van der Waals surface area contributed by atoms with Gasteiger partial charge >= 0.3 is 72.6 Å². The summed E-state index contributed by atoms with van der Waals surface area (Å²) in [6.45, 7) is 2.76. The van der Waals surface area contributed by atoms with Crippen molar-refractivity contribution in [1.29, 1.82) is 0 Å². The van der Waals surface area contributed by atoms with Crippen molar-refractivity contribution in [1.82, 2.24) is 5.32 Å². The van der Waals surface area contributed by atoms with E-state index in [4.69, 9.17) is 5.11 Å². The van der Waals surface area contributed by atoms with E-state index in [9.17, 15) is 9.59 Å². The molecule has 0 fully saturated rings. The Balaban J connectivity index is 4.34. The number of carbonyl (C=O) groups is 2. The van der Waals surface area contributed by atoms with Crippen LogP contribution in [0.2, 0.25) is 5.32 Å². The summed E-state index contributed by atoms with van der Waals surface area (Å²) in [4.78, 5) is 21.1. The average molecular weight is 224 g/mol. The molecule has 0 aliphatic heterocycles. The van der Waals surface area contributed by atoms with Gasteiger partial charge in [-0.25, -0.2) is 0 Å². The SMILES string of the molecule is CC(=O)N[C@@](C)(C[SeH])C(=O)O. The number of nitrogens with one attached hydrogen (secondary N) is 1.